The Balaban J connectivity index is 2.27. The van der Waals surface area contributed by atoms with Gasteiger partial charge in [0.1, 0.15) is 0 Å². The second-order valence-corrected chi connectivity index (χ2v) is 5.31. The van der Waals surface area contributed by atoms with Crippen LogP contribution in [0.1, 0.15) is 25.7 Å². The van der Waals surface area contributed by atoms with Crippen molar-refractivity contribution < 1.29 is 0 Å². The maximum absolute atomic E-state index is 3.60. The highest BCUT2D eigenvalue weighted by molar-refractivity contribution is 4.94. The fourth-order valence-electron chi connectivity index (χ4n) is 2.44. The maximum atomic E-state index is 3.60. The fourth-order valence-corrected chi connectivity index (χ4v) is 2.44. The van der Waals surface area contributed by atoms with Gasteiger partial charge in [0.05, 0.1) is 0 Å². The molecule has 0 aromatic heterocycles. The Bertz CT molecular complexity index is 172. The van der Waals surface area contributed by atoms with E-state index in [1.807, 2.05) is 0 Å². The lowest BCUT2D eigenvalue weighted by atomic mass is 9.96. The summed E-state index contributed by atoms with van der Waals surface area (Å²) in [5, 5.41) is 3.60. The molecule has 0 spiro atoms. The van der Waals surface area contributed by atoms with Crippen molar-refractivity contribution in [2.24, 2.45) is 0 Å². The van der Waals surface area contributed by atoms with Crippen molar-refractivity contribution in [1.29, 1.82) is 0 Å². The number of nitrogens with zero attached hydrogens (tertiary/aromatic N) is 2. The Kier molecular flexibility index (Phi) is 5.03. The number of rotatable bonds is 6. The quantitative estimate of drug-likeness (QED) is 0.664. The molecule has 0 aromatic carbocycles. The van der Waals surface area contributed by atoms with Gasteiger partial charge in [-0.05, 0) is 41.0 Å². The third-order valence-corrected chi connectivity index (χ3v) is 3.67. The first kappa shape index (κ1) is 12.9. The molecule has 0 aliphatic heterocycles. The minimum Gasteiger partial charge on any atom is -0.314 e. The van der Waals surface area contributed by atoms with Crippen LogP contribution in [0, 0.1) is 0 Å². The molecular formula is C12H27N3. The summed E-state index contributed by atoms with van der Waals surface area (Å²) >= 11 is 0. The van der Waals surface area contributed by atoms with E-state index in [2.05, 4.69) is 43.3 Å². The second-order valence-electron chi connectivity index (χ2n) is 5.31. The summed E-state index contributed by atoms with van der Waals surface area (Å²) < 4.78 is 0. The van der Waals surface area contributed by atoms with E-state index in [0.717, 1.165) is 19.6 Å². The fraction of sp³-hybridized carbons (Fsp3) is 1.00. The van der Waals surface area contributed by atoms with Crippen LogP contribution in [0.25, 0.3) is 0 Å². The van der Waals surface area contributed by atoms with Crippen molar-refractivity contribution in [2.45, 2.75) is 31.2 Å². The van der Waals surface area contributed by atoms with Crippen molar-refractivity contribution in [1.82, 2.24) is 15.1 Å². The van der Waals surface area contributed by atoms with E-state index in [-0.39, 0.29) is 0 Å². The first-order valence-corrected chi connectivity index (χ1v) is 6.10. The molecule has 1 aliphatic rings. The summed E-state index contributed by atoms with van der Waals surface area (Å²) in [6.07, 6.45) is 5.50. The summed E-state index contributed by atoms with van der Waals surface area (Å²) in [5.74, 6) is 0. The van der Waals surface area contributed by atoms with Crippen molar-refractivity contribution in [3.63, 3.8) is 0 Å². The molecule has 0 unspecified atom stereocenters. The molecule has 1 saturated carbocycles. The lowest BCUT2D eigenvalue weighted by Crippen LogP contribution is -2.50. The van der Waals surface area contributed by atoms with Crippen LogP contribution in [0.4, 0.5) is 0 Å². The molecule has 0 saturated heterocycles. The van der Waals surface area contributed by atoms with Gasteiger partial charge in [-0.1, -0.05) is 12.8 Å². The van der Waals surface area contributed by atoms with Crippen molar-refractivity contribution >= 4 is 0 Å². The number of nitrogens with one attached hydrogen (secondary N) is 1. The van der Waals surface area contributed by atoms with E-state index in [9.17, 15) is 0 Å². The first-order chi connectivity index (χ1) is 7.07. The lowest BCUT2D eigenvalue weighted by molar-refractivity contribution is 0.153. The Morgan fingerprint density at radius 3 is 2.13 bits per heavy atom. The molecule has 90 valence electrons. The van der Waals surface area contributed by atoms with Gasteiger partial charge in [-0.3, -0.25) is 0 Å². The van der Waals surface area contributed by atoms with Gasteiger partial charge >= 0.3 is 0 Å². The van der Waals surface area contributed by atoms with E-state index < -0.39 is 0 Å². The molecule has 0 radical (unpaired) electrons. The molecule has 1 fully saturated rings. The number of hydrogen-bond acceptors (Lipinski definition) is 3. The Morgan fingerprint density at radius 1 is 1.07 bits per heavy atom. The molecule has 1 aliphatic carbocycles. The first-order valence-electron chi connectivity index (χ1n) is 6.10. The average molecular weight is 213 g/mol. The third kappa shape index (κ3) is 3.74. The van der Waals surface area contributed by atoms with E-state index in [4.69, 9.17) is 0 Å². The van der Waals surface area contributed by atoms with E-state index in [0.29, 0.717) is 5.54 Å². The summed E-state index contributed by atoms with van der Waals surface area (Å²) in [4.78, 5) is 4.65. The van der Waals surface area contributed by atoms with Gasteiger partial charge < -0.3 is 15.1 Å². The van der Waals surface area contributed by atoms with Crippen LogP contribution >= 0.6 is 0 Å². The van der Waals surface area contributed by atoms with Gasteiger partial charge in [0.2, 0.25) is 0 Å². The van der Waals surface area contributed by atoms with Gasteiger partial charge in [-0.15, -0.1) is 0 Å². The molecule has 3 heteroatoms. The minimum absolute atomic E-state index is 0.437. The van der Waals surface area contributed by atoms with Crippen LogP contribution in [0.2, 0.25) is 0 Å². The van der Waals surface area contributed by atoms with Crippen LogP contribution < -0.4 is 5.32 Å². The highest BCUT2D eigenvalue weighted by atomic mass is 15.2. The van der Waals surface area contributed by atoms with Crippen LogP contribution in [-0.4, -0.2) is 63.2 Å². The summed E-state index contributed by atoms with van der Waals surface area (Å²) in [7, 11) is 8.69. The standard InChI is InChI=1S/C12H27N3/c1-14(2)10-9-13-11-12(15(3)4)7-5-6-8-12/h13H,5-11H2,1-4H3. The van der Waals surface area contributed by atoms with Gasteiger partial charge in [0.15, 0.2) is 0 Å². The van der Waals surface area contributed by atoms with Gasteiger partial charge in [-0.25, -0.2) is 0 Å². The monoisotopic (exact) mass is 213 g/mol. The molecule has 3 nitrogen and oxygen atoms in total. The van der Waals surface area contributed by atoms with Crippen LogP contribution in [0.3, 0.4) is 0 Å². The zero-order chi connectivity index (χ0) is 11.3. The van der Waals surface area contributed by atoms with Crippen LogP contribution in [0.5, 0.6) is 0 Å². The van der Waals surface area contributed by atoms with Crippen molar-refractivity contribution in [2.75, 3.05) is 47.8 Å². The summed E-state index contributed by atoms with van der Waals surface area (Å²) in [6.45, 7) is 3.37. The smallest absolute Gasteiger partial charge is 0.0327 e. The highest BCUT2D eigenvalue weighted by Crippen LogP contribution is 2.32. The zero-order valence-electron chi connectivity index (χ0n) is 10.8. The predicted octanol–water partition coefficient (Wildman–Crippen LogP) is 1.01. The Morgan fingerprint density at radius 2 is 1.67 bits per heavy atom. The molecule has 0 atom stereocenters. The van der Waals surface area contributed by atoms with E-state index in [1.165, 1.54) is 25.7 Å². The van der Waals surface area contributed by atoms with Gasteiger partial charge in [-0.2, -0.15) is 0 Å². The normalized spacial score (nSPS) is 20.4. The van der Waals surface area contributed by atoms with Gasteiger partial charge in [0, 0.05) is 25.2 Å². The number of hydrogen-bond donors (Lipinski definition) is 1. The lowest BCUT2D eigenvalue weighted by Gasteiger charge is -2.36. The molecule has 15 heavy (non-hydrogen) atoms. The Labute approximate surface area is 94.8 Å². The molecule has 1 rings (SSSR count). The zero-order valence-corrected chi connectivity index (χ0v) is 10.8. The molecular weight excluding hydrogens is 186 g/mol. The summed E-state index contributed by atoms with van der Waals surface area (Å²) in [5.41, 5.74) is 0.437. The number of likely N-dealkylation sites (N-methyl/N-ethyl adjacent to an activating group) is 2. The minimum atomic E-state index is 0.437. The summed E-state index contributed by atoms with van der Waals surface area (Å²) in [6, 6.07) is 0. The van der Waals surface area contributed by atoms with Crippen molar-refractivity contribution in [3.8, 4) is 0 Å². The molecule has 0 heterocycles. The van der Waals surface area contributed by atoms with Gasteiger partial charge in [0.25, 0.3) is 0 Å². The maximum Gasteiger partial charge on any atom is 0.0327 e. The average Bonchev–Trinajstić information content (AvgIpc) is 2.62. The van der Waals surface area contributed by atoms with E-state index >= 15 is 0 Å². The second kappa shape index (κ2) is 5.83. The highest BCUT2D eigenvalue weighted by Gasteiger charge is 2.35. The Hall–Kier alpha value is -0.120. The molecule has 0 aromatic rings. The topological polar surface area (TPSA) is 18.5 Å². The third-order valence-electron chi connectivity index (χ3n) is 3.67. The molecule has 0 amide bonds. The van der Waals surface area contributed by atoms with E-state index in [1.54, 1.807) is 0 Å². The molecule has 0 bridgehead atoms. The van der Waals surface area contributed by atoms with Crippen LogP contribution in [0.15, 0.2) is 0 Å². The SMILES string of the molecule is CN(C)CCNCC1(N(C)C)CCCC1. The van der Waals surface area contributed by atoms with Crippen LogP contribution in [-0.2, 0) is 0 Å². The molecule has 1 N–H and O–H groups in total. The predicted molar refractivity (Wildman–Crippen MR) is 66.3 cm³/mol. The van der Waals surface area contributed by atoms with Crippen molar-refractivity contribution in [3.05, 3.63) is 0 Å². The largest absolute Gasteiger partial charge is 0.314 e.